The molecule has 0 radical (unpaired) electrons. The SMILES string of the molecule is OC1CNC(c2ccc(F)cc2C(F)(F)F)C1. The van der Waals surface area contributed by atoms with Crippen molar-refractivity contribution in [3.8, 4) is 0 Å². The maximum absolute atomic E-state index is 12.9. The zero-order chi connectivity index (χ0) is 12.6. The summed E-state index contributed by atoms with van der Waals surface area (Å²) in [7, 11) is 0. The molecule has 1 aliphatic rings. The fourth-order valence-corrected chi connectivity index (χ4v) is 2.03. The third kappa shape index (κ3) is 2.58. The summed E-state index contributed by atoms with van der Waals surface area (Å²) in [5.41, 5.74) is -1.00. The van der Waals surface area contributed by atoms with Gasteiger partial charge < -0.3 is 10.4 Å². The highest BCUT2D eigenvalue weighted by Crippen LogP contribution is 2.37. The first kappa shape index (κ1) is 12.3. The Kier molecular flexibility index (Phi) is 3.09. The second-order valence-electron chi connectivity index (χ2n) is 4.08. The van der Waals surface area contributed by atoms with Crippen molar-refractivity contribution >= 4 is 0 Å². The summed E-state index contributed by atoms with van der Waals surface area (Å²) >= 11 is 0. The Hall–Kier alpha value is -1.14. The minimum atomic E-state index is -4.59. The molecule has 94 valence electrons. The lowest BCUT2D eigenvalue weighted by molar-refractivity contribution is -0.138. The molecule has 6 heteroatoms. The Balaban J connectivity index is 2.39. The van der Waals surface area contributed by atoms with Crippen LogP contribution in [0.4, 0.5) is 17.6 Å². The summed E-state index contributed by atoms with van der Waals surface area (Å²) in [4.78, 5) is 0. The maximum atomic E-state index is 12.9. The number of β-amino-alcohol motifs (C(OH)–C–C–N with tert-alkyl or cyclic N) is 1. The highest BCUT2D eigenvalue weighted by molar-refractivity contribution is 5.33. The van der Waals surface area contributed by atoms with Gasteiger partial charge in [-0.3, -0.25) is 0 Å². The normalized spacial score (nSPS) is 25.2. The lowest BCUT2D eigenvalue weighted by Gasteiger charge is -2.17. The van der Waals surface area contributed by atoms with Gasteiger partial charge in [0.2, 0.25) is 0 Å². The standard InChI is InChI=1S/C11H11F4NO/c12-6-1-2-8(9(3-6)11(13,14)15)10-4-7(17)5-16-10/h1-3,7,10,16-17H,4-5H2. The predicted octanol–water partition coefficient (Wildman–Crippen LogP) is 2.24. The van der Waals surface area contributed by atoms with Crippen LogP contribution in [0.3, 0.4) is 0 Å². The van der Waals surface area contributed by atoms with Gasteiger partial charge in [0.05, 0.1) is 11.7 Å². The van der Waals surface area contributed by atoms with Crippen molar-refractivity contribution in [2.24, 2.45) is 0 Å². The quantitative estimate of drug-likeness (QED) is 0.748. The van der Waals surface area contributed by atoms with E-state index in [1.165, 1.54) is 0 Å². The number of benzene rings is 1. The number of nitrogens with one attached hydrogen (secondary N) is 1. The highest BCUT2D eigenvalue weighted by atomic mass is 19.4. The summed E-state index contributed by atoms with van der Waals surface area (Å²) in [5, 5.41) is 12.1. The van der Waals surface area contributed by atoms with Crippen LogP contribution in [-0.4, -0.2) is 17.8 Å². The van der Waals surface area contributed by atoms with Gasteiger partial charge in [-0.15, -0.1) is 0 Å². The van der Waals surface area contributed by atoms with E-state index in [0.29, 0.717) is 6.07 Å². The molecule has 2 rings (SSSR count). The van der Waals surface area contributed by atoms with E-state index in [2.05, 4.69) is 5.32 Å². The third-order valence-corrected chi connectivity index (χ3v) is 2.80. The van der Waals surface area contributed by atoms with Crippen LogP contribution in [0.25, 0.3) is 0 Å². The van der Waals surface area contributed by atoms with E-state index in [9.17, 15) is 22.7 Å². The van der Waals surface area contributed by atoms with E-state index in [-0.39, 0.29) is 18.5 Å². The number of aliphatic hydroxyl groups excluding tert-OH is 1. The molecule has 2 unspecified atom stereocenters. The number of hydrogen-bond donors (Lipinski definition) is 2. The molecule has 0 aliphatic carbocycles. The van der Waals surface area contributed by atoms with Crippen molar-refractivity contribution in [1.29, 1.82) is 0 Å². The molecule has 1 aliphatic heterocycles. The summed E-state index contributed by atoms with van der Waals surface area (Å²) in [6.45, 7) is 0.249. The third-order valence-electron chi connectivity index (χ3n) is 2.80. The summed E-state index contributed by atoms with van der Waals surface area (Å²) in [6.07, 6.45) is -5.05. The van der Waals surface area contributed by atoms with Crippen molar-refractivity contribution in [2.75, 3.05) is 6.54 Å². The molecule has 0 amide bonds. The van der Waals surface area contributed by atoms with E-state index in [1.807, 2.05) is 0 Å². The van der Waals surface area contributed by atoms with Crippen molar-refractivity contribution in [1.82, 2.24) is 5.32 Å². The molecule has 17 heavy (non-hydrogen) atoms. The molecule has 0 bridgehead atoms. The Morgan fingerprint density at radius 1 is 1.29 bits per heavy atom. The lowest BCUT2D eigenvalue weighted by Crippen LogP contribution is -2.19. The van der Waals surface area contributed by atoms with Crippen molar-refractivity contribution in [2.45, 2.75) is 24.7 Å². The molecular weight excluding hydrogens is 238 g/mol. The van der Waals surface area contributed by atoms with Crippen molar-refractivity contribution in [3.05, 3.63) is 35.1 Å². The van der Waals surface area contributed by atoms with Gasteiger partial charge >= 0.3 is 6.18 Å². The van der Waals surface area contributed by atoms with E-state index in [0.717, 1.165) is 12.1 Å². The lowest BCUT2D eigenvalue weighted by atomic mass is 9.98. The van der Waals surface area contributed by atoms with Gasteiger partial charge in [0.25, 0.3) is 0 Å². The van der Waals surface area contributed by atoms with Crippen molar-refractivity contribution in [3.63, 3.8) is 0 Å². The van der Waals surface area contributed by atoms with E-state index < -0.39 is 29.7 Å². The molecule has 0 spiro atoms. The molecule has 2 N–H and O–H groups in total. The van der Waals surface area contributed by atoms with Crippen molar-refractivity contribution < 1.29 is 22.7 Å². The van der Waals surface area contributed by atoms with E-state index in [4.69, 9.17) is 0 Å². The second kappa shape index (κ2) is 4.27. The molecule has 2 nitrogen and oxygen atoms in total. The molecule has 0 saturated carbocycles. The predicted molar refractivity (Wildman–Crippen MR) is 52.8 cm³/mol. The van der Waals surface area contributed by atoms with Crippen LogP contribution in [0.5, 0.6) is 0 Å². The van der Waals surface area contributed by atoms with Gasteiger partial charge in [-0.05, 0) is 24.1 Å². The second-order valence-corrected chi connectivity index (χ2v) is 4.08. The number of hydrogen-bond acceptors (Lipinski definition) is 2. The first-order valence-electron chi connectivity index (χ1n) is 5.16. The smallest absolute Gasteiger partial charge is 0.392 e. The fourth-order valence-electron chi connectivity index (χ4n) is 2.03. The Bertz CT molecular complexity index is 418. The largest absolute Gasteiger partial charge is 0.416 e. The van der Waals surface area contributed by atoms with Crippen LogP contribution in [-0.2, 0) is 6.18 Å². The molecule has 1 aromatic carbocycles. The fraction of sp³-hybridized carbons (Fsp3) is 0.455. The number of aliphatic hydroxyl groups is 1. The minimum Gasteiger partial charge on any atom is -0.392 e. The molecule has 2 atom stereocenters. The molecule has 1 aromatic rings. The Labute approximate surface area is 95.3 Å². The Morgan fingerprint density at radius 2 is 2.00 bits per heavy atom. The van der Waals surface area contributed by atoms with Crippen LogP contribution in [0, 0.1) is 5.82 Å². The molecule has 1 heterocycles. The molecule has 1 fully saturated rings. The molecule has 1 saturated heterocycles. The van der Waals surface area contributed by atoms with Crippen LogP contribution in [0.15, 0.2) is 18.2 Å². The molecular formula is C11H11F4NO. The average molecular weight is 249 g/mol. The van der Waals surface area contributed by atoms with Crippen LogP contribution in [0.2, 0.25) is 0 Å². The highest BCUT2D eigenvalue weighted by Gasteiger charge is 2.37. The zero-order valence-corrected chi connectivity index (χ0v) is 8.76. The first-order chi connectivity index (χ1) is 7.88. The van der Waals surface area contributed by atoms with Gasteiger partial charge in [-0.1, -0.05) is 6.07 Å². The van der Waals surface area contributed by atoms with E-state index in [1.54, 1.807) is 0 Å². The monoisotopic (exact) mass is 249 g/mol. The summed E-state index contributed by atoms with van der Waals surface area (Å²) < 4.78 is 51.0. The van der Waals surface area contributed by atoms with Gasteiger partial charge in [-0.25, -0.2) is 4.39 Å². The van der Waals surface area contributed by atoms with Gasteiger partial charge in [0, 0.05) is 12.6 Å². The number of alkyl halides is 3. The van der Waals surface area contributed by atoms with Crippen LogP contribution in [0.1, 0.15) is 23.6 Å². The first-order valence-corrected chi connectivity index (χ1v) is 5.16. The average Bonchev–Trinajstić information content (AvgIpc) is 2.63. The van der Waals surface area contributed by atoms with Crippen LogP contribution >= 0.6 is 0 Å². The summed E-state index contributed by atoms with van der Waals surface area (Å²) in [6, 6.07) is 2.02. The van der Waals surface area contributed by atoms with E-state index >= 15 is 0 Å². The number of halogens is 4. The van der Waals surface area contributed by atoms with Gasteiger partial charge in [0.15, 0.2) is 0 Å². The summed E-state index contributed by atoms with van der Waals surface area (Å²) in [5.74, 6) is -0.917. The van der Waals surface area contributed by atoms with Gasteiger partial charge in [-0.2, -0.15) is 13.2 Å². The number of rotatable bonds is 1. The topological polar surface area (TPSA) is 32.3 Å². The minimum absolute atomic E-state index is 0.0181. The Morgan fingerprint density at radius 3 is 2.53 bits per heavy atom. The molecule has 0 aromatic heterocycles. The van der Waals surface area contributed by atoms with Gasteiger partial charge in [0.1, 0.15) is 5.82 Å². The zero-order valence-electron chi connectivity index (χ0n) is 8.76. The maximum Gasteiger partial charge on any atom is 0.416 e. The van der Waals surface area contributed by atoms with Crippen LogP contribution < -0.4 is 5.32 Å².